The predicted octanol–water partition coefficient (Wildman–Crippen LogP) is 1.30. The third-order valence-corrected chi connectivity index (χ3v) is 1.74. The van der Waals surface area contributed by atoms with Gasteiger partial charge in [-0.15, -0.1) is 0 Å². The quantitative estimate of drug-likeness (QED) is 0.665. The van der Waals surface area contributed by atoms with Gasteiger partial charge in [-0.25, -0.2) is 0 Å². The number of ether oxygens (including phenoxy) is 2. The van der Waals surface area contributed by atoms with Crippen LogP contribution in [0.4, 0.5) is 0 Å². The van der Waals surface area contributed by atoms with Crippen molar-refractivity contribution < 1.29 is 9.47 Å². The van der Waals surface area contributed by atoms with Crippen LogP contribution in [-0.2, 0) is 4.74 Å². The average Bonchev–Trinajstić information content (AvgIpc) is 2.25. The molecule has 1 N–H and O–H groups in total. The van der Waals surface area contributed by atoms with Crippen molar-refractivity contribution in [3.8, 4) is 5.75 Å². The SMILES string of the molecule is CNCCOCCOc1ccccc1. The molecule has 78 valence electrons. The maximum atomic E-state index is 5.44. The second-order valence-corrected chi connectivity index (χ2v) is 2.88. The first kappa shape index (κ1) is 11.0. The summed E-state index contributed by atoms with van der Waals surface area (Å²) in [5.41, 5.74) is 0. The van der Waals surface area contributed by atoms with Gasteiger partial charge in [0.25, 0.3) is 0 Å². The Morgan fingerprint density at radius 3 is 2.57 bits per heavy atom. The summed E-state index contributed by atoms with van der Waals surface area (Å²) < 4.78 is 10.7. The lowest BCUT2D eigenvalue weighted by molar-refractivity contribution is 0.103. The Balaban J connectivity index is 1.99. The normalized spacial score (nSPS) is 10.1. The average molecular weight is 195 g/mol. The number of para-hydroxylation sites is 1. The van der Waals surface area contributed by atoms with E-state index in [1.165, 1.54) is 0 Å². The third-order valence-electron chi connectivity index (χ3n) is 1.74. The van der Waals surface area contributed by atoms with Crippen molar-refractivity contribution in [2.75, 3.05) is 33.4 Å². The monoisotopic (exact) mass is 195 g/mol. The van der Waals surface area contributed by atoms with E-state index < -0.39 is 0 Å². The number of rotatable bonds is 7. The molecule has 0 amide bonds. The minimum atomic E-state index is 0.605. The molecule has 0 heterocycles. The summed E-state index contributed by atoms with van der Waals surface area (Å²) in [4.78, 5) is 0. The van der Waals surface area contributed by atoms with Crippen LogP contribution in [0.2, 0.25) is 0 Å². The van der Waals surface area contributed by atoms with E-state index >= 15 is 0 Å². The summed E-state index contributed by atoms with van der Waals surface area (Å²) in [6.45, 7) is 2.85. The molecule has 0 atom stereocenters. The number of hydrogen-bond acceptors (Lipinski definition) is 3. The van der Waals surface area contributed by atoms with E-state index in [1.54, 1.807) is 0 Å². The van der Waals surface area contributed by atoms with E-state index in [9.17, 15) is 0 Å². The second-order valence-electron chi connectivity index (χ2n) is 2.88. The maximum Gasteiger partial charge on any atom is 0.119 e. The van der Waals surface area contributed by atoms with E-state index in [0.29, 0.717) is 13.2 Å². The molecule has 1 aromatic rings. The molecule has 0 radical (unpaired) electrons. The molecule has 1 aromatic carbocycles. The topological polar surface area (TPSA) is 30.5 Å². The summed E-state index contributed by atoms with van der Waals surface area (Å²) in [6, 6.07) is 9.76. The van der Waals surface area contributed by atoms with Crippen LogP contribution in [-0.4, -0.2) is 33.4 Å². The highest BCUT2D eigenvalue weighted by molar-refractivity contribution is 5.20. The molecule has 0 aromatic heterocycles. The van der Waals surface area contributed by atoms with Crippen molar-refractivity contribution in [3.05, 3.63) is 30.3 Å². The van der Waals surface area contributed by atoms with Gasteiger partial charge in [0, 0.05) is 6.54 Å². The van der Waals surface area contributed by atoms with Gasteiger partial charge in [0.1, 0.15) is 12.4 Å². The van der Waals surface area contributed by atoms with Crippen LogP contribution in [0.15, 0.2) is 30.3 Å². The molecule has 0 unspecified atom stereocenters. The Morgan fingerprint density at radius 1 is 1.07 bits per heavy atom. The molecular formula is C11H17NO2. The molecule has 0 bridgehead atoms. The Bertz CT molecular complexity index is 226. The first-order chi connectivity index (χ1) is 6.93. The first-order valence-corrected chi connectivity index (χ1v) is 4.83. The van der Waals surface area contributed by atoms with Crippen LogP contribution < -0.4 is 10.1 Å². The minimum Gasteiger partial charge on any atom is -0.491 e. The predicted molar refractivity (Wildman–Crippen MR) is 56.7 cm³/mol. The minimum absolute atomic E-state index is 0.605. The zero-order valence-corrected chi connectivity index (χ0v) is 8.53. The lowest BCUT2D eigenvalue weighted by Crippen LogP contribution is -2.16. The second kappa shape index (κ2) is 7.35. The fourth-order valence-electron chi connectivity index (χ4n) is 1.01. The van der Waals surface area contributed by atoms with Gasteiger partial charge < -0.3 is 14.8 Å². The van der Waals surface area contributed by atoms with Crippen LogP contribution >= 0.6 is 0 Å². The number of hydrogen-bond donors (Lipinski definition) is 1. The molecule has 0 aliphatic carbocycles. The van der Waals surface area contributed by atoms with Crippen molar-refractivity contribution in [2.24, 2.45) is 0 Å². The molecule has 0 aliphatic heterocycles. The molecule has 0 spiro atoms. The number of likely N-dealkylation sites (N-methyl/N-ethyl adjacent to an activating group) is 1. The van der Waals surface area contributed by atoms with Gasteiger partial charge in [-0.05, 0) is 19.2 Å². The molecule has 3 nitrogen and oxygen atoms in total. The highest BCUT2D eigenvalue weighted by atomic mass is 16.5. The molecule has 3 heteroatoms. The van der Waals surface area contributed by atoms with Gasteiger partial charge in [0.15, 0.2) is 0 Å². The van der Waals surface area contributed by atoms with Crippen molar-refractivity contribution in [2.45, 2.75) is 0 Å². The van der Waals surface area contributed by atoms with Gasteiger partial charge in [0.05, 0.1) is 13.2 Å². The smallest absolute Gasteiger partial charge is 0.119 e. The Labute approximate surface area is 85.0 Å². The van der Waals surface area contributed by atoms with Crippen LogP contribution in [0, 0.1) is 0 Å². The van der Waals surface area contributed by atoms with Crippen LogP contribution in [0.25, 0.3) is 0 Å². The summed E-state index contributed by atoms with van der Waals surface area (Å²) in [5, 5.41) is 3.01. The highest BCUT2D eigenvalue weighted by Gasteiger charge is 1.91. The van der Waals surface area contributed by atoms with Gasteiger partial charge in [-0.1, -0.05) is 18.2 Å². The zero-order valence-electron chi connectivity index (χ0n) is 8.53. The van der Waals surface area contributed by atoms with Gasteiger partial charge >= 0.3 is 0 Å². The lowest BCUT2D eigenvalue weighted by Gasteiger charge is -2.06. The maximum absolute atomic E-state index is 5.44. The molecule has 0 saturated carbocycles. The summed E-state index contributed by atoms with van der Waals surface area (Å²) in [7, 11) is 1.91. The summed E-state index contributed by atoms with van der Waals surface area (Å²) in [6.07, 6.45) is 0. The number of benzene rings is 1. The van der Waals surface area contributed by atoms with Crippen LogP contribution in [0.1, 0.15) is 0 Å². The molecule has 1 rings (SSSR count). The van der Waals surface area contributed by atoms with E-state index in [2.05, 4.69) is 5.32 Å². The van der Waals surface area contributed by atoms with E-state index in [1.807, 2.05) is 37.4 Å². The molecule has 0 fully saturated rings. The van der Waals surface area contributed by atoms with Gasteiger partial charge in [-0.3, -0.25) is 0 Å². The largest absolute Gasteiger partial charge is 0.491 e. The molecule has 0 aliphatic rings. The Hall–Kier alpha value is -1.06. The van der Waals surface area contributed by atoms with Crippen molar-refractivity contribution in [1.82, 2.24) is 5.32 Å². The Kier molecular flexibility index (Phi) is 5.79. The van der Waals surface area contributed by atoms with Crippen molar-refractivity contribution in [1.29, 1.82) is 0 Å². The lowest BCUT2D eigenvalue weighted by atomic mass is 10.3. The standard InChI is InChI=1S/C11H17NO2/c1-12-7-8-13-9-10-14-11-5-3-2-4-6-11/h2-6,12H,7-10H2,1H3. The van der Waals surface area contributed by atoms with Crippen molar-refractivity contribution >= 4 is 0 Å². The number of nitrogens with one attached hydrogen (secondary N) is 1. The van der Waals surface area contributed by atoms with Crippen LogP contribution in [0.3, 0.4) is 0 Å². The van der Waals surface area contributed by atoms with Gasteiger partial charge in [0.2, 0.25) is 0 Å². The molecule has 14 heavy (non-hydrogen) atoms. The van der Waals surface area contributed by atoms with Gasteiger partial charge in [-0.2, -0.15) is 0 Å². The fourth-order valence-corrected chi connectivity index (χ4v) is 1.01. The fraction of sp³-hybridized carbons (Fsp3) is 0.455. The summed E-state index contributed by atoms with van der Waals surface area (Å²) >= 11 is 0. The first-order valence-electron chi connectivity index (χ1n) is 4.83. The van der Waals surface area contributed by atoms with E-state index in [4.69, 9.17) is 9.47 Å². The zero-order chi connectivity index (χ0) is 10.1. The highest BCUT2D eigenvalue weighted by Crippen LogP contribution is 2.07. The Morgan fingerprint density at radius 2 is 1.86 bits per heavy atom. The molecule has 0 saturated heterocycles. The third kappa shape index (κ3) is 4.84. The van der Waals surface area contributed by atoms with Crippen LogP contribution in [0.5, 0.6) is 5.75 Å². The van der Waals surface area contributed by atoms with E-state index in [-0.39, 0.29) is 0 Å². The van der Waals surface area contributed by atoms with E-state index in [0.717, 1.165) is 18.9 Å². The molecular weight excluding hydrogens is 178 g/mol. The van der Waals surface area contributed by atoms with Crippen molar-refractivity contribution in [3.63, 3.8) is 0 Å². The summed E-state index contributed by atoms with van der Waals surface area (Å²) in [5.74, 6) is 0.893.